The Kier molecular flexibility index (Phi) is 10.0. The smallest absolute Gasteiger partial charge is 0.243 e. The van der Waals surface area contributed by atoms with E-state index >= 15 is 0 Å². The highest BCUT2D eigenvalue weighted by Gasteiger charge is 2.39. The van der Waals surface area contributed by atoms with Gasteiger partial charge in [-0.05, 0) is 67.3 Å². The number of aromatic nitrogens is 1. The molecule has 2 aromatic rings. The van der Waals surface area contributed by atoms with Gasteiger partial charge >= 0.3 is 0 Å². The summed E-state index contributed by atoms with van der Waals surface area (Å²) < 4.78 is 5.30. The van der Waals surface area contributed by atoms with E-state index < -0.39 is 6.04 Å². The number of nitrogens with one attached hydrogen (secondary N) is 3. The van der Waals surface area contributed by atoms with Gasteiger partial charge in [0, 0.05) is 52.3 Å². The Balaban J connectivity index is 1.40. The van der Waals surface area contributed by atoms with E-state index in [1.54, 1.807) is 37.5 Å². The lowest BCUT2D eigenvalue weighted by molar-refractivity contribution is -0.139. The summed E-state index contributed by atoms with van der Waals surface area (Å²) in [6.45, 7) is 2.33. The standard InChI is InChI=1S/C29H39N7O4/c1-31-24-9-8-20(14-25(24)34-30)17-33-29(39)26-15-22(12-21-13-23(40-2)18-32-16-21)19-36(26)28(38)7-5-6-27(37)35-10-3-4-11-35/h8-9,13-14,16,18,22,26,30-31H,3-7,10-12,15,17,19H2,1-2H3,(H,33,39). The molecule has 2 aliphatic heterocycles. The van der Waals surface area contributed by atoms with Crippen molar-refractivity contribution in [3.05, 3.63) is 47.8 Å². The van der Waals surface area contributed by atoms with Gasteiger partial charge in [0.1, 0.15) is 17.5 Å². The normalized spacial score (nSPS) is 18.4. The first-order chi connectivity index (χ1) is 19.4. The van der Waals surface area contributed by atoms with Crippen LogP contribution in [0.25, 0.3) is 0 Å². The maximum atomic E-state index is 13.4. The molecule has 3 N–H and O–H groups in total. The molecule has 214 valence electrons. The highest BCUT2D eigenvalue weighted by molar-refractivity contribution is 5.88. The lowest BCUT2D eigenvalue weighted by Crippen LogP contribution is -2.45. The van der Waals surface area contributed by atoms with Crippen LogP contribution in [0.5, 0.6) is 5.75 Å². The van der Waals surface area contributed by atoms with Gasteiger partial charge in [-0.15, -0.1) is 0 Å². The number of amides is 3. The van der Waals surface area contributed by atoms with Crippen molar-refractivity contribution >= 4 is 29.1 Å². The van der Waals surface area contributed by atoms with Crippen molar-refractivity contribution in [2.75, 3.05) is 39.1 Å². The van der Waals surface area contributed by atoms with Gasteiger partial charge in [-0.1, -0.05) is 6.07 Å². The summed E-state index contributed by atoms with van der Waals surface area (Å²) in [5.74, 6) is 0.545. The van der Waals surface area contributed by atoms with Crippen LogP contribution in [0.4, 0.5) is 11.4 Å². The SMILES string of the molecule is CNc1ccc(CNC(=O)C2CC(Cc3cncc(OC)c3)CN2C(=O)CCCC(=O)N2CCCC2)cc1N=N. The fourth-order valence-electron chi connectivity index (χ4n) is 5.57. The number of nitrogens with zero attached hydrogens (tertiary/aromatic N) is 4. The van der Waals surface area contributed by atoms with Crippen LogP contribution in [-0.2, 0) is 27.3 Å². The number of carbonyl (C=O) groups is 3. The van der Waals surface area contributed by atoms with Crippen LogP contribution in [0, 0.1) is 11.4 Å². The number of anilines is 1. The fourth-order valence-corrected chi connectivity index (χ4v) is 5.57. The van der Waals surface area contributed by atoms with Gasteiger partial charge in [-0.3, -0.25) is 19.4 Å². The quantitative estimate of drug-likeness (QED) is 0.345. The van der Waals surface area contributed by atoms with Crippen molar-refractivity contribution < 1.29 is 19.1 Å². The van der Waals surface area contributed by atoms with Gasteiger partial charge in [0.2, 0.25) is 17.7 Å². The molecule has 2 saturated heterocycles. The van der Waals surface area contributed by atoms with Crippen LogP contribution in [0.2, 0.25) is 0 Å². The van der Waals surface area contributed by atoms with E-state index in [0.717, 1.165) is 42.7 Å². The zero-order chi connectivity index (χ0) is 28.5. The van der Waals surface area contributed by atoms with Crippen molar-refractivity contribution in [2.45, 2.75) is 57.5 Å². The first-order valence-electron chi connectivity index (χ1n) is 13.9. The van der Waals surface area contributed by atoms with E-state index in [1.807, 2.05) is 23.1 Å². The molecular weight excluding hydrogens is 510 g/mol. The minimum absolute atomic E-state index is 0.0865. The first-order valence-corrected chi connectivity index (χ1v) is 13.9. The molecule has 0 spiro atoms. The second-order valence-corrected chi connectivity index (χ2v) is 10.5. The van der Waals surface area contributed by atoms with Crippen LogP contribution in [0.15, 0.2) is 41.8 Å². The molecule has 11 nitrogen and oxygen atoms in total. The Labute approximate surface area is 235 Å². The summed E-state index contributed by atoms with van der Waals surface area (Å²) >= 11 is 0. The Morgan fingerprint density at radius 3 is 2.60 bits per heavy atom. The van der Waals surface area contributed by atoms with Crippen LogP contribution < -0.4 is 15.4 Å². The molecule has 40 heavy (non-hydrogen) atoms. The molecule has 0 saturated carbocycles. The van der Waals surface area contributed by atoms with Gasteiger partial charge in [0.05, 0.1) is 19.0 Å². The molecule has 1 aromatic heterocycles. The maximum absolute atomic E-state index is 13.4. The minimum atomic E-state index is -0.595. The summed E-state index contributed by atoms with van der Waals surface area (Å²) in [6.07, 6.45) is 7.78. The molecule has 1 aromatic carbocycles. The molecule has 0 radical (unpaired) electrons. The van der Waals surface area contributed by atoms with E-state index in [-0.39, 0.29) is 36.6 Å². The van der Waals surface area contributed by atoms with Crippen LogP contribution >= 0.6 is 0 Å². The Morgan fingerprint density at radius 2 is 1.88 bits per heavy atom. The number of pyridine rings is 1. The predicted octanol–water partition coefficient (Wildman–Crippen LogP) is 3.66. The van der Waals surface area contributed by atoms with E-state index in [4.69, 9.17) is 10.3 Å². The lowest BCUT2D eigenvalue weighted by atomic mass is 9.97. The van der Waals surface area contributed by atoms with E-state index in [1.165, 1.54) is 0 Å². The van der Waals surface area contributed by atoms with Crippen molar-refractivity contribution in [1.29, 1.82) is 5.53 Å². The second kappa shape index (κ2) is 13.9. The molecule has 3 amide bonds. The summed E-state index contributed by atoms with van der Waals surface area (Å²) in [5, 5.41) is 9.52. The average Bonchev–Trinajstić information content (AvgIpc) is 3.67. The number of likely N-dealkylation sites (tertiary alicyclic amines) is 2. The van der Waals surface area contributed by atoms with E-state index in [9.17, 15) is 14.4 Å². The number of hydrogen-bond acceptors (Lipinski definition) is 8. The molecule has 3 heterocycles. The third-order valence-electron chi connectivity index (χ3n) is 7.70. The first kappa shape index (κ1) is 29.0. The van der Waals surface area contributed by atoms with E-state index in [0.29, 0.717) is 43.7 Å². The zero-order valence-corrected chi connectivity index (χ0v) is 23.3. The highest BCUT2D eigenvalue weighted by Crippen LogP contribution is 2.29. The summed E-state index contributed by atoms with van der Waals surface area (Å²) in [7, 11) is 3.36. The van der Waals surface area contributed by atoms with Gasteiger partial charge in [-0.2, -0.15) is 5.11 Å². The number of carbonyl (C=O) groups excluding carboxylic acids is 3. The fraction of sp³-hybridized carbons (Fsp3) is 0.517. The van der Waals surface area contributed by atoms with Crippen molar-refractivity contribution in [1.82, 2.24) is 20.1 Å². The van der Waals surface area contributed by atoms with Gasteiger partial charge < -0.3 is 25.2 Å². The summed E-state index contributed by atoms with van der Waals surface area (Å²) in [4.78, 5) is 47.0. The zero-order valence-electron chi connectivity index (χ0n) is 23.3. The van der Waals surface area contributed by atoms with Gasteiger partial charge in [0.15, 0.2) is 0 Å². The Hall–Kier alpha value is -4.02. The van der Waals surface area contributed by atoms with Crippen LogP contribution in [0.3, 0.4) is 0 Å². The van der Waals surface area contributed by atoms with Gasteiger partial charge in [0.25, 0.3) is 0 Å². The molecule has 2 atom stereocenters. The number of ether oxygens (including phenoxy) is 1. The molecule has 4 rings (SSSR count). The van der Waals surface area contributed by atoms with Gasteiger partial charge in [-0.25, -0.2) is 5.53 Å². The van der Waals surface area contributed by atoms with Crippen molar-refractivity contribution in [3.8, 4) is 5.75 Å². The lowest BCUT2D eigenvalue weighted by Gasteiger charge is -2.24. The molecule has 0 bridgehead atoms. The molecule has 2 aliphatic rings. The predicted molar refractivity (Wildman–Crippen MR) is 150 cm³/mol. The second-order valence-electron chi connectivity index (χ2n) is 10.5. The monoisotopic (exact) mass is 549 g/mol. The van der Waals surface area contributed by atoms with Crippen LogP contribution in [0.1, 0.15) is 49.7 Å². The molecule has 2 fully saturated rings. The molecule has 11 heteroatoms. The topological polar surface area (TPSA) is 140 Å². The summed E-state index contributed by atoms with van der Waals surface area (Å²) in [5.41, 5.74) is 10.4. The Bertz CT molecular complexity index is 1210. The molecule has 0 aliphatic carbocycles. The minimum Gasteiger partial charge on any atom is -0.495 e. The largest absolute Gasteiger partial charge is 0.495 e. The van der Waals surface area contributed by atoms with Crippen molar-refractivity contribution in [3.63, 3.8) is 0 Å². The maximum Gasteiger partial charge on any atom is 0.243 e. The summed E-state index contributed by atoms with van der Waals surface area (Å²) in [6, 6.07) is 6.78. The number of benzene rings is 1. The number of rotatable bonds is 12. The highest BCUT2D eigenvalue weighted by atomic mass is 16.5. The third-order valence-corrected chi connectivity index (χ3v) is 7.70. The molecular formula is C29H39N7O4. The third kappa shape index (κ3) is 7.34. The van der Waals surface area contributed by atoms with E-state index in [2.05, 4.69) is 20.7 Å². The number of methoxy groups -OCH3 is 1. The molecule has 2 unspecified atom stereocenters. The average molecular weight is 550 g/mol. The van der Waals surface area contributed by atoms with Crippen molar-refractivity contribution in [2.24, 2.45) is 11.0 Å². The number of hydrogen-bond donors (Lipinski definition) is 3. The van der Waals surface area contributed by atoms with Crippen LogP contribution in [-0.4, -0.2) is 72.3 Å². The Morgan fingerprint density at radius 1 is 1.10 bits per heavy atom.